The Morgan fingerprint density at radius 2 is 1.59 bits per heavy atom. The number of nitrogens with zero attached hydrogens (tertiary/aromatic N) is 2. The molecule has 2 heterocycles. The Morgan fingerprint density at radius 1 is 0.919 bits per heavy atom. The fourth-order valence-electron chi connectivity index (χ4n) is 5.18. The van der Waals surface area contributed by atoms with Crippen LogP contribution in [0.4, 0.5) is 4.39 Å². The first kappa shape index (κ1) is 25.4. The van der Waals surface area contributed by atoms with E-state index in [1.54, 1.807) is 16.4 Å². The zero-order valence-corrected chi connectivity index (χ0v) is 22.6. The largest absolute Gasteiger partial charge is 0.340 e. The lowest BCUT2D eigenvalue weighted by atomic mass is 9.87. The highest BCUT2D eigenvalue weighted by molar-refractivity contribution is 7.89. The molecular formula is C31H33FN2O2S. The molecule has 192 valence electrons. The van der Waals surface area contributed by atoms with Crippen LogP contribution in [-0.2, 0) is 22.0 Å². The smallest absolute Gasteiger partial charge is 0.243 e. The molecule has 0 bridgehead atoms. The summed E-state index contributed by atoms with van der Waals surface area (Å²) in [5.74, 6) is -0.240. The number of aromatic nitrogens is 1. The van der Waals surface area contributed by atoms with Crippen LogP contribution in [0.5, 0.6) is 0 Å². The van der Waals surface area contributed by atoms with E-state index in [0.717, 1.165) is 27.7 Å². The van der Waals surface area contributed by atoms with E-state index in [1.165, 1.54) is 23.3 Å². The lowest BCUT2D eigenvalue weighted by molar-refractivity contribution is 0.441. The number of benzene rings is 3. The van der Waals surface area contributed by atoms with Crippen molar-refractivity contribution in [3.05, 3.63) is 107 Å². The molecule has 1 aliphatic heterocycles. The molecule has 6 heteroatoms. The van der Waals surface area contributed by atoms with Crippen LogP contribution >= 0.6 is 0 Å². The number of hydrogen-bond acceptors (Lipinski definition) is 2. The van der Waals surface area contributed by atoms with Crippen LogP contribution in [0.1, 0.15) is 49.6 Å². The van der Waals surface area contributed by atoms with E-state index in [2.05, 4.69) is 50.5 Å². The third kappa shape index (κ3) is 4.88. The molecule has 5 rings (SSSR count). The Morgan fingerprint density at radius 3 is 2.22 bits per heavy atom. The Hall–Kier alpha value is -3.22. The van der Waals surface area contributed by atoms with Gasteiger partial charge in [-0.05, 0) is 65.8 Å². The summed E-state index contributed by atoms with van der Waals surface area (Å²) >= 11 is 0. The third-order valence-electron chi connectivity index (χ3n) is 7.34. The highest BCUT2D eigenvalue weighted by Crippen LogP contribution is 2.36. The average Bonchev–Trinajstić information content (AvgIpc) is 3.16. The van der Waals surface area contributed by atoms with Crippen LogP contribution in [0.2, 0.25) is 0 Å². The Labute approximate surface area is 219 Å². The molecular weight excluding hydrogens is 483 g/mol. The molecule has 3 aromatic carbocycles. The molecule has 0 aliphatic carbocycles. The number of para-hydroxylation sites is 1. The van der Waals surface area contributed by atoms with E-state index in [4.69, 9.17) is 0 Å². The van der Waals surface area contributed by atoms with Gasteiger partial charge in [0.1, 0.15) is 5.82 Å². The van der Waals surface area contributed by atoms with Gasteiger partial charge in [0.25, 0.3) is 0 Å². The van der Waals surface area contributed by atoms with Crippen LogP contribution in [-0.4, -0.2) is 30.4 Å². The van der Waals surface area contributed by atoms with Crippen molar-refractivity contribution in [2.45, 2.75) is 51.0 Å². The van der Waals surface area contributed by atoms with Crippen LogP contribution in [0.25, 0.3) is 16.5 Å². The predicted molar refractivity (Wildman–Crippen MR) is 149 cm³/mol. The van der Waals surface area contributed by atoms with Gasteiger partial charge in [0.15, 0.2) is 0 Å². The number of sulfonamides is 1. The van der Waals surface area contributed by atoms with E-state index in [9.17, 15) is 12.8 Å². The minimum absolute atomic E-state index is 0.0290. The number of rotatable bonds is 5. The third-order valence-corrected chi connectivity index (χ3v) is 9.22. The van der Waals surface area contributed by atoms with Crippen LogP contribution < -0.4 is 0 Å². The summed E-state index contributed by atoms with van der Waals surface area (Å²) in [6.07, 6.45) is 2.70. The van der Waals surface area contributed by atoms with Gasteiger partial charge in [0.2, 0.25) is 10.0 Å². The number of hydrogen-bond donors (Lipinski definition) is 0. The standard InChI is InChI=1S/C31H33FN2O2S/c1-22-30(28-7-5-6-8-29(28)34(22)21-23-9-13-26(32)14-10-23)24-17-19-33(20-18-24)37(35,36)27-15-11-25(12-16-27)31(2,3)4/h5-17H,18-21H2,1-4H3. The second-order valence-electron chi connectivity index (χ2n) is 10.8. The zero-order chi connectivity index (χ0) is 26.4. The lowest BCUT2D eigenvalue weighted by Crippen LogP contribution is -2.34. The molecule has 1 aromatic heterocycles. The monoisotopic (exact) mass is 516 g/mol. The van der Waals surface area contributed by atoms with Crippen molar-refractivity contribution < 1.29 is 12.8 Å². The summed E-state index contributed by atoms with van der Waals surface area (Å²) in [6, 6.07) is 22.2. The van der Waals surface area contributed by atoms with E-state index in [0.29, 0.717) is 31.0 Å². The number of halogens is 1. The van der Waals surface area contributed by atoms with E-state index >= 15 is 0 Å². The molecule has 0 atom stereocenters. The molecule has 0 N–H and O–H groups in total. The molecule has 0 radical (unpaired) electrons. The average molecular weight is 517 g/mol. The molecule has 0 saturated heterocycles. The first-order chi connectivity index (χ1) is 17.6. The summed E-state index contributed by atoms with van der Waals surface area (Å²) < 4.78 is 44.0. The Balaban J connectivity index is 1.44. The van der Waals surface area contributed by atoms with Gasteiger partial charge in [-0.2, -0.15) is 4.31 Å². The Kier molecular flexibility index (Phi) is 6.59. The quantitative estimate of drug-likeness (QED) is 0.289. The minimum Gasteiger partial charge on any atom is -0.340 e. The molecule has 0 saturated carbocycles. The van der Waals surface area contributed by atoms with Crippen molar-refractivity contribution in [2.75, 3.05) is 13.1 Å². The highest BCUT2D eigenvalue weighted by Gasteiger charge is 2.28. The molecule has 37 heavy (non-hydrogen) atoms. The van der Waals surface area contributed by atoms with Gasteiger partial charge in [-0.25, -0.2) is 12.8 Å². The maximum atomic E-state index is 13.4. The maximum Gasteiger partial charge on any atom is 0.243 e. The first-order valence-corrected chi connectivity index (χ1v) is 14.1. The van der Waals surface area contributed by atoms with Crippen molar-refractivity contribution in [3.63, 3.8) is 0 Å². The van der Waals surface area contributed by atoms with Gasteiger partial charge in [-0.1, -0.05) is 69.3 Å². The van der Waals surface area contributed by atoms with Gasteiger partial charge in [0, 0.05) is 41.8 Å². The van der Waals surface area contributed by atoms with Crippen molar-refractivity contribution in [1.82, 2.24) is 8.87 Å². The predicted octanol–water partition coefficient (Wildman–Crippen LogP) is 6.91. The second kappa shape index (κ2) is 9.58. The van der Waals surface area contributed by atoms with E-state index < -0.39 is 10.0 Å². The zero-order valence-electron chi connectivity index (χ0n) is 21.8. The van der Waals surface area contributed by atoms with Crippen LogP contribution in [0.3, 0.4) is 0 Å². The molecule has 0 amide bonds. The molecule has 1 aliphatic rings. The fourth-order valence-corrected chi connectivity index (χ4v) is 6.56. The second-order valence-corrected chi connectivity index (χ2v) is 12.7. The number of fused-ring (bicyclic) bond motifs is 1. The highest BCUT2D eigenvalue weighted by atomic mass is 32.2. The van der Waals surface area contributed by atoms with Crippen molar-refractivity contribution in [2.24, 2.45) is 0 Å². The van der Waals surface area contributed by atoms with E-state index in [-0.39, 0.29) is 11.2 Å². The van der Waals surface area contributed by atoms with Crippen molar-refractivity contribution in [1.29, 1.82) is 0 Å². The summed E-state index contributed by atoms with van der Waals surface area (Å²) in [7, 11) is -3.57. The molecule has 0 spiro atoms. The molecule has 0 fully saturated rings. The van der Waals surface area contributed by atoms with Crippen molar-refractivity contribution >= 4 is 26.5 Å². The molecule has 0 unspecified atom stereocenters. The van der Waals surface area contributed by atoms with Gasteiger partial charge in [-0.15, -0.1) is 0 Å². The molecule has 4 aromatic rings. The normalized spacial score (nSPS) is 15.2. The van der Waals surface area contributed by atoms with Gasteiger partial charge < -0.3 is 4.57 Å². The summed E-state index contributed by atoms with van der Waals surface area (Å²) in [5, 5.41) is 1.16. The maximum absolute atomic E-state index is 13.4. The minimum atomic E-state index is -3.57. The molecule has 4 nitrogen and oxygen atoms in total. The van der Waals surface area contributed by atoms with Gasteiger partial charge >= 0.3 is 0 Å². The summed E-state index contributed by atoms with van der Waals surface area (Å²) in [4.78, 5) is 0.337. The first-order valence-electron chi connectivity index (χ1n) is 12.7. The van der Waals surface area contributed by atoms with Gasteiger partial charge in [0.05, 0.1) is 4.90 Å². The SMILES string of the molecule is Cc1c(C2=CCN(S(=O)(=O)c3ccc(C(C)(C)C)cc3)CC2)c2ccccc2n1Cc1ccc(F)cc1. The van der Waals surface area contributed by atoms with Gasteiger partial charge in [-0.3, -0.25) is 0 Å². The summed E-state index contributed by atoms with van der Waals surface area (Å²) in [5.41, 5.74) is 6.70. The van der Waals surface area contributed by atoms with Crippen molar-refractivity contribution in [3.8, 4) is 0 Å². The topological polar surface area (TPSA) is 42.3 Å². The summed E-state index contributed by atoms with van der Waals surface area (Å²) in [6.45, 7) is 9.89. The van der Waals surface area contributed by atoms with Crippen LogP contribution in [0, 0.1) is 12.7 Å². The van der Waals surface area contributed by atoms with E-state index in [1.807, 2.05) is 36.4 Å². The lowest BCUT2D eigenvalue weighted by Gasteiger charge is -2.27. The Bertz CT molecular complexity index is 1580. The fraction of sp³-hybridized carbons (Fsp3) is 0.290. The van der Waals surface area contributed by atoms with Crippen LogP contribution in [0.15, 0.2) is 83.8 Å².